The van der Waals surface area contributed by atoms with Crippen molar-refractivity contribution in [1.29, 1.82) is 0 Å². The molecule has 1 heterocycles. The van der Waals surface area contributed by atoms with E-state index in [0.29, 0.717) is 11.5 Å². The molecule has 1 saturated heterocycles. The zero-order valence-electron chi connectivity index (χ0n) is 12.9. The molecule has 1 aromatic carbocycles. The SMILES string of the molecule is Cc1cc(C)c(C(C)NCC2CCS(=O)(=O)C2)c(C)c1. The summed E-state index contributed by atoms with van der Waals surface area (Å²) in [5.41, 5.74) is 5.25. The molecule has 2 rings (SSSR count). The van der Waals surface area contributed by atoms with Crippen molar-refractivity contribution in [2.24, 2.45) is 5.92 Å². The Morgan fingerprint density at radius 2 is 1.85 bits per heavy atom. The van der Waals surface area contributed by atoms with Gasteiger partial charge in [0, 0.05) is 6.04 Å². The molecule has 0 spiro atoms. The van der Waals surface area contributed by atoms with Crippen molar-refractivity contribution >= 4 is 9.84 Å². The molecule has 2 atom stereocenters. The molecule has 1 fully saturated rings. The molecule has 0 radical (unpaired) electrons. The fourth-order valence-electron chi connectivity index (χ4n) is 3.35. The lowest BCUT2D eigenvalue weighted by molar-refractivity contribution is 0.474. The summed E-state index contributed by atoms with van der Waals surface area (Å²) in [4.78, 5) is 0. The van der Waals surface area contributed by atoms with E-state index in [1.807, 2.05) is 0 Å². The van der Waals surface area contributed by atoms with E-state index in [0.717, 1.165) is 13.0 Å². The van der Waals surface area contributed by atoms with Crippen LogP contribution >= 0.6 is 0 Å². The second-order valence-corrected chi connectivity index (χ2v) is 8.44. The Labute approximate surface area is 122 Å². The van der Waals surface area contributed by atoms with Crippen LogP contribution in [0.5, 0.6) is 0 Å². The Balaban J connectivity index is 2.01. The van der Waals surface area contributed by atoms with Gasteiger partial charge in [-0.25, -0.2) is 8.42 Å². The van der Waals surface area contributed by atoms with Crippen LogP contribution in [-0.4, -0.2) is 26.5 Å². The maximum atomic E-state index is 11.5. The molecule has 1 aliphatic heterocycles. The van der Waals surface area contributed by atoms with E-state index in [-0.39, 0.29) is 12.0 Å². The van der Waals surface area contributed by atoms with E-state index >= 15 is 0 Å². The maximum Gasteiger partial charge on any atom is 0.150 e. The fourth-order valence-corrected chi connectivity index (χ4v) is 5.21. The van der Waals surface area contributed by atoms with Crippen LogP contribution in [0, 0.1) is 26.7 Å². The van der Waals surface area contributed by atoms with E-state index in [4.69, 9.17) is 0 Å². The molecule has 0 bridgehead atoms. The van der Waals surface area contributed by atoms with Crippen LogP contribution in [0.3, 0.4) is 0 Å². The number of nitrogens with one attached hydrogen (secondary N) is 1. The molecule has 0 aliphatic carbocycles. The number of sulfone groups is 1. The topological polar surface area (TPSA) is 46.2 Å². The van der Waals surface area contributed by atoms with E-state index in [2.05, 4.69) is 45.1 Å². The lowest BCUT2D eigenvalue weighted by Crippen LogP contribution is -2.27. The second kappa shape index (κ2) is 5.86. The summed E-state index contributed by atoms with van der Waals surface area (Å²) >= 11 is 0. The summed E-state index contributed by atoms with van der Waals surface area (Å²) < 4.78 is 22.9. The molecule has 0 amide bonds. The predicted octanol–water partition coefficient (Wildman–Crippen LogP) is 2.70. The van der Waals surface area contributed by atoms with Crippen LogP contribution in [0.4, 0.5) is 0 Å². The highest BCUT2D eigenvalue weighted by Crippen LogP contribution is 2.24. The molecule has 1 aliphatic rings. The van der Waals surface area contributed by atoms with Gasteiger partial charge in [-0.15, -0.1) is 0 Å². The summed E-state index contributed by atoms with van der Waals surface area (Å²) in [7, 11) is -2.77. The van der Waals surface area contributed by atoms with Gasteiger partial charge in [0.25, 0.3) is 0 Å². The third-order valence-electron chi connectivity index (χ3n) is 4.21. The number of hydrogen-bond donors (Lipinski definition) is 1. The van der Waals surface area contributed by atoms with Crippen molar-refractivity contribution in [2.75, 3.05) is 18.1 Å². The van der Waals surface area contributed by atoms with Crippen LogP contribution in [0.1, 0.15) is 41.6 Å². The molecular formula is C16H25NO2S. The van der Waals surface area contributed by atoms with Gasteiger partial charge in [0.05, 0.1) is 11.5 Å². The first-order valence-electron chi connectivity index (χ1n) is 7.30. The summed E-state index contributed by atoms with van der Waals surface area (Å²) in [6.45, 7) is 9.35. The number of benzene rings is 1. The normalized spacial score (nSPS) is 22.9. The first-order valence-corrected chi connectivity index (χ1v) is 9.12. The largest absolute Gasteiger partial charge is 0.310 e. The molecule has 1 N–H and O–H groups in total. The van der Waals surface area contributed by atoms with Gasteiger partial charge in [-0.05, 0) is 63.3 Å². The monoisotopic (exact) mass is 295 g/mol. The Morgan fingerprint density at radius 3 is 2.35 bits per heavy atom. The maximum absolute atomic E-state index is 11.5. The minimum Gasteiger partial charge on any atom is -0.310 e. The average molecular weight is 295 g/mol. The average Bonchev–Trinajstić information content (AvgIpc) is 2.65. The van der Waals surface area contributed by atoms with Crippen molar-refractivity contribution in [2.45, 2.75) is 40.2 Å². The van der Waals surface area contributed by atoms with Crippen molar-refractivity contribution in [1.82, 2.24) is 5.32 Å². The van der Waals surface area contributed by atoms with Gasteiger partial charge in [0.1, 0.15) is 0 Å². The zero-order valence-corrected chi connectivity index (χ0v) is 13.7. The molecule has 2 unspecified atom stereocenters. The summed E-state index contributed by atoms with van der Waals surface area (Å²) in [6.07, 6.45) is 0.800. The van der Waals surface area contributed by atoms with Crippen LogP contribution in [0.2, 0.25) is 0 Å². The van der Waals surface area contributed by atoms with Crippen LogP contribution in [-0.2, 0) is 9.84 Å². The van der Waals surface area contributed by atoms with E-state index in [9.17, 15) is 8.42 Å². The van der Waals surface area contributed by atoms with Crippen molar-refractivity contribution in [3.63, 3.8) is 0 Å². The van der Waals surface area contributed by atoms with E-state index in [1.165, 1.54) is 22.3 Å². The van der Waals surface area contributed by atoms with E-state index < -0.39 is 9.84 Å². The minimum atomic E-state index is -2.77. The minimum absolute atomic E-state index is 0.263. The lowest BCUT2D eigenvalue weighted by Gasteiger charge is -2.21. The molecule has 20 heavy (non-hydrogen) atoms. The first kappa shape index (κ1) is 15.5. The molecule has 1 aromatic rings. The Kier molecular flexibility index (Phi) is 4.55. The molecule has 0 aromatic heterocycles. The van der Waals surface area contributed by atoms with Crippen LogP contribution in [0.15, 0.2) is 12.1 Å². The molecular weight excluding hydrogens is 270 g/mol. The van der Waals surface area contributed by atoms with Gasteiger partial charge in [0.2, 0.25) is 0 Å². The summed E-state index contributed by atoms with van der Waals surface area (Å²) in [5.74, 6) is 0.975. The van der Waals surface area contributed by atoms with Gasteiger partial charge in [-0.1, -0.05) is 17.7 Å². The highest BCUT2D eigenvalue weighted by molar-refractivity contribution is 7.91. The van der Waals surface area contributed by atoms with Gasteiger partial charge < -0.3 is 5.32 Å². The molecule has 4 heteroatoms. The molecule has 0 saturated carbocycles. The lowest BCUT2D eigenvalue weighted by atomic mass is 9.94. The highest BCUT2D eigenvalue weighted by atomic mass is 32.2. The van der Waals surface area contributed by atoms with Gasteiger partial charge in [0.15, 0.2) is 9.84 Å². The quantitative estimate of drug-likeness (QED) is 0.929. The van der Waals surface area contributed by atoms with Crippen molar-refractivity contribution in [3.8, 4) is 0 Å². The zero-order chi connectivity index (χ0) is 14.9. The van der Waals surface area contributed by atoms with Crippen molar-refractivity contribution in [3.05, 3.63) is 34.4 Å². The Morgan fingerprint density at radius 1 is 1.25 bits per heavy atom. The predicted molar refractivity (Wildman–Crippen MR) is 83.8 cm³/mol. The Bertz CT molecular complexity index is 569. The molecule has 3 nitrogen and oxygen atoms in total. The standard InChI is InChI=1S/C16H25NO2S/c1-11-7-12(2)16(13(3)8-11)14(4)17-9-15-5-6-20(18,19)10-15/h7-8,14-15,17H,5-6,9-10H2,1-4H3. The highest BCUT2D eigenvalue weighted by Gasteiger charge is 2.28. The van der Waals surface area contributed by atoms with Gasteiger partial charge in [-0.2, -0.15) is 0 Å². The fraction of sp³-hybridized carbons (Fsp3) is 0.625. The van der Waals surface area contributed by atoms with Gasteiger partial charge >= 0.3 is 0 Å². The summed E-state index contributed by atoms with van der Waals surface area (Å²) in [5, 5.41) is 3.52. The Hall–Kier alpha value is -0.870. The molecule has 112 valence electrons. The van der Waals surface area contributed by atoms with Gasteiger partial charge in [-0.3, -0.25) is 0 Å². The van der Waals surface area contributed by atoms with Crippen LogP contribution in [0.25, 0.3) is 0 Å². The smallest absolute Gasteiger partial charge is 0.150 e. The van der Waals surface area contributed by atoms with E-state index in [1.54, 1.807) is 0 Å². The van der Waals surface area contributed by atoms with Crippen molar-refractivity contribution < 1.29 is 8.42 Å². The van der Waals surface area contributed by atoms with Crippen LogP contribution < -0.4 is 5.32 Å². The number of aryl methyl sites for hydroxylation is 3. The number of rotatable bonds is 4. The first-order chi connectivity index (χ1) is 9.28. The number of hydrogen-bond acceptors (Lipinski definition) is 3. The third kappa shape index (κ3) is 3.61. The summed E-state index contributed by atoms with van der Waals surface area (Å²) in [6, 6.07) is 4.68. The third-order valence-corrected chi connectivity index (χ3v) is 6.05. The second-order valence-electron chi connectivity index (χ2n) is 6.21.